The van der Waals surface area contributed by atoms with Crippen LogP contribution in [0.3, 0.4) is 0 Å². The third-order valence-electron chi connectivity index (χ3n) is 3.12. The molecule has 0 spiro atoms. The van der Waals surface area contributed by atoms with Crippen LogP contribution in [0.4, 0.5) is 0 Å². The summed E-state index contributed by atoms with van der Waals surface area (Å²) in [4.78, 5) is 0. The predicted octanol–water partition coefficient (Wildman–Crippen LogP) is 1.19. The Balaban J connectivity index is 1.79. The first-order valence-corrected chi connectivity index (χ1v) is 5.06. The van der Waals surface area contributed by atoms with Gasteiger partial charge in [-0.25, -0.2) is 0 Å². The SMILES string of the molecule is N#CC(N)(COC1CCC1)C1CC1. The zero-order valence-electron chi connectivity index (χ0n) is 7.83. The highest BCUT2D eigenvalue weighted by atomic mass is 16.5. The molecule has 0 aromatic carbocycles. The molecule has 0 radical (unpaired) electrons. The lowest BCUT2D eigenvalue weighted by atomic mass is 9.94. The summed E-state index contributed by atoms with van der Waals surface area (Å²) in [5, 5.41) is 8.94. The summed E-state index contributed by atoms with van der Waals surface area (Å²) in [5.41, 5.74) is 5.24. The van der Waals surface area contributed by atoms with Gasteiger partial charge in [0.1, 0.15) is 5.54 Å². The van der Waals surface area contributed by atoms with Crippen molar-refractivity contribution in [2.24, 2.45) is 11.7 Å². The highest BCUT2D eigenvalue weighted by Crippen LogP contribution is 2.38. The fourth-order valence-corrected chi connectivity index (χ4v) is 1.63. The van der Waals surface area contributed by atoms with E-state index in [-0.39, 0.29) is 0 Å². The number of ether oxygens (including phenoxy) is 1. The number of hydrogen-bond acceptors (Lipinski definition) is 3. The Labute approximate surface area is 78.9 Å². The van der Waals surface area contributed by atoms with Crippen LogP contribution in [0.2, 0.25) is 0 Å². The maximum Gasteiger partial charge on any atom is 0.130 e. The smallest absolute Gasteiger partial charge is 0.130 e. The van der Waals surface area contributed by atoms with Gasteiger partial charge in [0.2, 0.25) is 0 Å². The molecule has 0 aliphatic heterocycles. The summed E-state index contributed by atoms with van der Waals surface area (Å²) >= 11 is 0. The van der Waals surface area contributed by atoms with Crippen LogP contribution in [-0.4, -0.2) is 18.2 Å². The summed E-state index contributed by atoms with van der Waals surface area (Å²) in [6.07, 6.45) is 6.13. The van der Waals surface area contributed by atoms with Crippen molar-refractivity contribution in [3.63, 3.8) is 0 Å². The first-order chi connectivity index (χ1) is 6.24. The molecule has 2 saturated carbocycles. The van der Waals surface area contributed by atoms with E-state index in [9.17, 15) is 0 Å². The van der Waals surface area contributed by atoms with E-state index in [4.69, 9.17) is 15.7 Å². The van der Waals surface area contributed by atoms with E-state index in [1.807, 2.05) is 0 Å². The quantitative estimate of drug-likeness (QED) is 0.706. The van der Waals surface area contributed by atoms with Crippen molar-refractivity contribution in [1.82, 2.24) is 0 Å². The Hall–Kier alpha value is -0.590. The summed E-state index contributed by atoms with van der Waals surface area (Å²) in [5.74, 6) is 0.387. The van der Waals surface area contributed by atoms with Gasteiger partial charge in [0.25, 0.3) is 0 Å². The molecule has 0 heterocycles. The molecule has 2 aliphatic rings. The van der Waals surface area contributed by atoms with Gasteiger partial charge in [0, 0.05) is 0 Å². The molecule has 0 aromatic rings. The lowest BCUT2D eigenvalue weighted by Crippen LogP contribution is -2.46. The molecular formula is C10H16N2O. The summed E-state index contributed by atoms with van der Waals surface area (Å²) in [7, 11) is 0. The van der Waals surface area contributed by atoms with Gasteiger partial charge in [-0.05, 0) is 38.0 Å². The van der Waals surface area contributed by atoms with Crippen molar-refractivity contribution in [2.75, 3.05) is 6.61 Å². The minimum absolute atomic E-state index is 0.384. The maximum absolute atomic E-state index is 8.94. The van der Waals surface area contributed by atoms with Crippen LogP contribution in [-0.2, 0) is 4.74 Å². The summed E-state index contributed by atoms with van der Waals surface area (Å²) in [6.45, 7) is 0.429. The third kappa shape index (κ3) is 1.84. The van der Waals surface area contributed by atoms with Crippen LogP contribution in [0.25, 0.3) is 0 Å². The monoisotopic (exact) mass is 180 g/mol. The first kappa shape index (κ1) is 8.98. The van der Waals surface area contributed by atoms with E-state index >= 15 is 0 Å². The minimum atomic E-state index is -0.699. The lowest BCUT2D eigenvalue weighted by molar-refractivity contribution is -0.0168. The van der Waals surface area contributed by atoms with Crippen LogP contribution >= 0.6 is 0 Å². The highest BCUT2D eigenvalue weighted by molar-refractivity contribution is 5.13. The number of hydrogen-bond donors (Lipinski definition) is 1. The van der Waals surface area contributed by atoms with Gasteiger partial charge in [0.15, 0.2) is 0 Å². The molecule has 13 heavy (non-hydrogen) atoms. The second kappa shape index (κ2) is 3.28. The standard InChI is InChI=1S/C10H16N2O/c11-6-10(12,8-4-5-8)7-13-9-2-1-3-9/h8-9H,1-5,7,12H2. The molecule has 0 amide bonds. The molecule has 0 aromatic heterocycles. The van der Waals surface area contributed by atoms with Gasteiger partial charge in [-0.2, -0.15) is 5.26 Å². The second-order valence-corrected chi connectivity index (χ2v) is 4.29. The Morgan fingerprint density at radius 2 is 2.08 bits per heavy atom. The van der Waals surface area contributed by atoms with Gasteiger partial charge < -0.3 is 10.5 Å². The maximum atomic E-state index is 8.94. The molecule has 3 heteroatoms. The second-order valence-electron chi connectivity index (χ2n) is 4.29. The number of nitriles is 1. The molecule has 72 valence electrons. The molecule has 0 saturated heterocycles. The molecular weight excluding hydrogens is 164 g/mol. The molecule has 0 bridgehead atoms. The Bertz CT molecular complexity index is 228. The van der Waals surface area contributed by atoms with E-state index in [0.717, 1.165) is 25.7 Å². The molecule has 2 N–H and O–H groups in total. The minimum Gasteiger partial charge on any atom is -0.375 e. The zero-order chi connectivity index (χ0) is 9.31. The van der Waals surface area contributed by atoms with E-state index in [2.05, 4.69) is 6.07 Å². The fourth-order valence-electron chi connectivity index (χ4n) is 1.63. The van der Waals surface area contributed by atoms with Crippen molar-refractivity contribution in [2.45, 2.75) is 43.7 Å². The van der Waals surface area contributed by atoms with E-state index in [0.29, 0.717) is 18.6 Å². The topological polar surface area (TPSA) is 59.0 Å². The fraction of sp³-hybridized carbons (Fsp3) is 0.900. The Morgan fingerprint density at radius 3 is 2.46 bits per heavy atom. The molecule has 1 unspecified atom stereocenters. The zero-order valence-corrected chi connectivity index (χ0v) is 7.83. The van der Waals surface area contributed by atoms with E-state index < -0.39 is 5.54 Å². The molecule has 2 rings (SSSR count). The molecule has 2 fully saturated rings. The van der Waals surface area contributed by atoms with E-state index in [1.54, 1.807) is 0 Å². The summed E-state index contributed by atoms with van der Waals surface area (Å²) < 4.78 is 5.59. The van der Waals surface area contributed by atoms with Crippen molar-refractivity contribution < 1.29 is 4.74 Å². The Morgan fingerprint density at radius 1 is 1.38 bits per heavy atom. The van der Waals surface area contributed by atoms with Gasteiger partial charge in [0.05, 0.1) is 18.8 Å². The molecule has 3 nitrogen and oxygen atoms in total. The van der Waals surface area contributed by atoms with Crippen molar-refractivity contribution in [1.29, 1.82) is 5.26 Å². The normalized spacial score (nSPS) is 27.4. The lowest BCUT2D eigenvalue weighted by Gasteiger charge is -2.29. The van der Waals surface area contributed by atoms with Crippen LogP contribution < -0.4 is 5.73 Å². The number of nitrogens with zero attached hydrogens (tertiary/aromatic N) is 1. The number of nitrogens with two attached hydrogens (primary N) is 1. The van der Waals surface area contributed by atoms with E-state index in [1.165, 1.54) is 6.42 Å². The van der Waals surface area contributed by atoms with Gasteiger partial charge in [-0.3, -0.25) is 0 Å². The van der Waals surface area contributed by atoms with Crippen LogP contribution in [0.1, 0.15) is 32.1 Å². The van der Waals surface area contributed by atoms with Gasteiger partial charge >= 0.3 is 0 Å². The third-order valence-corrected chi connectivity index (χ3v) is 3.12. The molecule has 2 aliphatic carbocycles. The van der Waals surface area contributed by atoms with Crippen LogP contribution in [0, 0.1) is 17.2 Å². The highest BCUT2D eigenvalue weighted by Gasteiger charge is 2.43. The Kier molecular flexibility index (Phi) is 2.27. The van der Waals surface area contributed by atoms with Gasteiger partial charge in [-0.15, -0.1) is 0 Å². The largest absolute Gasteiger partial charge is 0.375 e. The molecule has 1 atom stereocenters. The average Bonchev–Trinajstić information content (AvgIpc) is 2.83. The van der Waals surface area contributed by atoms with Crippen LogP contribution in [0.15, 0.2) is 0 Å². The van der Waals surface area contributed by atoms with Gasteiger partial charge in [-0.1, -0.05) is 0 Å². The first-order valence-electron chi connectivity index (χ1n) is 5.06. The predicted molar refractivity (Wildman–Crippen MR) is 48.8 cm³/mol. The van der Waals surface area contributed by atoms with Crippen LogP contribution in [0.5, 0.6) is 0 Å². The number of rotatable bonds is 4. The average molecular weight is 180 g/mol. The van der Waals surface area contributed by atoms with Crippen molar-refractivity contribution in [3.8, 4) is 6.07 Å². The van der Waals surface area contributed by atoms with Crippen molar-refractivity contribution in [3.05, 3.63) is 0 Å². The van der Waals surface area contributed by atoms with Crippen molar-refractivity contribution >= 4 is 0 Å². The summed E-state index contributed by atoms with van der Waals surface area (Å²) in [6, 6.07) is 2.20.